The van der Waals surface area contributed by atoms with Crippen molar-refractivity contribution in [2.24, 2.45) is 0 Å². The van der Waals surface area contributed by atoms with Crippen LogP contribution in [0.1, 0.15) is 10.7 Å². The maximum Gasteiger partial charge on any atom is 0.263 e. The van der Waals surface area contributed by atoms with Crippen molar-refractivity contribution in [2.45, 2.75) is 13.5 Å². The van der Waals surface area contributed by atoms with Gasteiger partial charge in [-0.15, -0.1) is 11.3 Å². The van der Waals surface area contributed by atoms with E-state index in [1.807, 2.05) is 12.3 Å². The number of phenols is 1. The molecule has 0 amide bonds. The number of hydrogen-bond acceptors (Lipinski definition) is 5. The van der Waals surface area contributed by atoms with E-state index in [0.717, 1.165) is 10.7 Å². The number of fused-ring (bicyclic) bond motifs is 1. The lowest BCUT2D eigenvalue weighted by molar-refractivity contribution is 0.480. The first kappa shape index (κ1) is 14.3. The minimum Gasteiger partial charge on any atom is -0.504 e. The van der Waals surface area contributed by atoms with Crippen LogP contribution in [-0.4, -0.2) is 19.6 Å². The molecule has 8 heteroatoms. The first-order valence-corrected chi connectivity index (χ1v) is 7.58. The average molecular weight is 342 g/mol. The third-order valence-electron chi connectivity index (χ3n) is 2.98. The molecule has 0 saturated carbocycles. The summed E-state index contributed by atoms with van der Waals surface area (Å²) in [6.45, 7) is 2.19. The van der Waals surface area contributed by atoms with Gasteiger partial charge in [-0.3, -0.25) is 9.36 Å². The predicted octanol–water partition coefficient (Wildman–Crippen LogP) is 3.22. The summed E-state index contributed by atoms with van der Waals surface area (Å²) in [5.41, 5.74) is 0.529. The van der Waals surface area contributed by atoms with Gasteiger partial charge in [-0.1, -0.05) is 23.2 Å². The largest absolute Gasteiger partial charge is 0.504 e. The van der Waals surface area contributed by atoms with E-state index in [-0.39, 0.29) is 32.3 Å². The summed E-state index contributed by atoms with van der Waals surface area (Å²) in [5, 5.41) is 13.1. The molecule has 0 atom stereocenters. The van der Waals surface area contributed by atoms with E-state index in [1.54, 1.807) is 0 Å². The molecular formula is C13H9Cl2N3O2S. The molecule has 0 aliphatic carbocycles. The van der Waals surface area contributed by atoms with Crippen molar-refractivity contribution in [3.63, 3.8) is 0 Å². The monoisotopic (exact) mass is 341 g/mol. The van der Waals surface area contributed by atoms with Crippen molar-refractivity contribution in [1.29, 1.82) is 0 Å². The van der Waals surface area contributed by atoms with Gasteiger partial charge in [0.2, 0.25) is 0 Å². The first-order valence-electron chi connectivity index (χ1n) is 5.94. The lowest BCUT2D eigenvalue weighted by Crippen LogP contribution is -2.21. The smallest absolute Gasteiger partial charge is 0.263 e. The van der Waals surface area contributed by atoms with Crippen molar-refractivity contribution in [3.05, 3.63) is 48.9 Å². The molecule has 3 aromatic rings. The molecule has 1 N–H and O–H groups in total. The Hall–Kier alpha value is -1.63. The Morgan fingerprint density at radius 1 is 1.38 bits per heavy atom. The number of benzene rings is 1. The maximum atomic E-state index is 12.5. The third kappa shape index (κ3) is 2.50. The minimum atomic E-state index is -0.345. The minimum absolute atomic E-state index is 0.0623. The summed E-state index contributed by atoms with van der Waals surface area (Å²) in [7, 11) is 0. The Labute approximate surface area is 133 Å². The van der Waals surface area contributed by atoms with Crippen molar-refractivity contribution < 1.29 is 5.11 Å². The molecule has 0 fully saturated rings. The maximum absolute atomic E-state index is 12.5. The lowest BCUT2D eigenvalue weighted by atomic mass is 10.2. The molecule has 0 spiro atoms. The van der Waals surface area contributed by atoms with Crippen molar-refractivity contribution in [3.8, 4) is 5.75 Å². The van der Waals surface area contributed by atoms with Gasteiger partial charge in [0.05, 0.1) is 39.0 Å². The zero-order valence-corrected chi connectivity index (χ0v) is 13.1. The average Bonchev–Trinajstić information content (AvgIpc) is 2.84. The fraction of sp³-hybridized carbons (Fsp3) is 0.154. The van der Waals surface area contributed by atoms with Crippen LogP contribution in [0.5, 0.6) is 5.75 Å². The van der Waals surface area contributed by atoms with E-state index >= 15 is 0 Å². The number of aryl methyl sites for hydroxylation is 1. The van der Waals surface area contributed by atoms with Gasteiger partial charge in [0.25, 0.3) is 5.56 Å². The summed E-state index contributed by atoms with van der Waals surface area (Å²) in [5.74, 6) is -0.246. The van der Waals surface area contributed by atoms with Crippen LogP contribution in [0.3, 0.4) is 0 Å². The Bertz CT molecular complexity index is 904. The summed E-state index contributed by atoms with van der Waals surface area (Å²) in [6, 6.07) is 1.33. The normalized spacial score (nSPS) is 11.2. The van der Waals surface area contributed by atoms with E-state index in [1.165, 1.54) is 28.3 Å². The Kier molecular flexibility index (Phi) is 3.61. The zero-order chi connectivity index (χ0) is 15.1. The molecule has 0 aliphatic rings. The van der Waals surface area contributed by atoms with E-state index < -0.39 is 0 Å². The SMILES string of the molecule is Cc1nc(Cn2cnc3c(O)c(Cl)cc(Cl)c3c2=O)cs1. The molecule has 0 unspecified atom stereocenters. The Morgan fingerprint density at radius 2 is 2.14 bits per heavy atom. The zero-order valence-electron chi connectivity index (χ0n) is 10.8. The van der Waals surface area contributed by atoms with Crippen LogP contribution in [0.4, 0.5) is 0 Å². The quantitative estimate of drug-likeness (QED) is 0.776. The topological polar surface area (TPSA) is 68.0 Å². The van der Waals surface area contributed by atoms with E-state index in [0.29, 0.717) is 6.54 Å². The van der Waals surface area contributed by atoms with Gasteiger partial charge in [0, 0.05) is 5.38 Å². The molecule has 0 saturated heterocycles. The number of thiazole rings is 1. The highest BCUT2D eigenvalue weighted by molar-refractivity contribution is 7.09. The summed E-state index contributed by atoms with van der Waals surface area (Å²) in [4.78, 5) is 20.9. The van der Waals surface area contributed by atoms with Crippen molar-refractivity contribution in [1.82, 2.24) is 14.5 Å². The fourth-order valence-electron chi connectivity index (χ4n) is 2.02. The fourth-order valence-corrected chi connectivity index (χ4v) is 3.15. The molecule has 108 valence electrons. The van der Waals surface area contributed by atoms with Crippen LogP contribution in [0.25, 0.3) is 10.9 Å². The Morgan fingerprint density at radius 3 is 2.81 bits per heavy atom. The molecule has 0 aliphatic heterocycles. The highest BCUT2D eigenvalue weighted by Crippen LogP contribution is 2.34. The standard InChI is InChI=1S/C13H9Cl2N3O2S/c1-6-17-7(4-21-6)3-18-5-16-11-10(13(18)20)8(14)2-9(15)12(11)19/h2,4-5,19H,3H2,1H3. The second-order valence-electron chi connectivity index (χ2n) is 4.45. The summed E-state index contributed by atoms with van der Waals surface area (Å²) < 4.78 is 1.40. The van der Waals surface area contributed by atoms with Crippen molar-refractivity contribution in [2.75, 3.05) is 0 Å². The van der Waals surface area contributed by atoms with E-state index in [9.17, 15) is 9.90 Å². The molecule has 3 rings (SSSR count). The van der Waals surface area contributed by atoms with Gasteiger partial charge < -0.3 is 5.11 Å². The number of rotatable bonds is 2. The molecule has 5 nitrogen and oxygen atoms in total. The van der Waals surface area contributed by atoms with Crippen LogP contribution in [0.15, 0.2) is 22.6 Å². The van der Waals surface area contributed by atoms with Gasteiger partial charge in [-0.2, -0.15) is 0 Å². The number of aromatic nitrogens is 3. The van der Waals surface area contributed by atoms with Crippen molar-refractivity contribution >= 4 is 45.4 Å². The van der Waals surface area contributed by atoms with Crippen LogP contribution in [0, 0.1) is 6.92 Å². The second-order valence-corrected chi connectivity index (χ2v) is 6.32. The summed E-state index contributed by atoms with van der Waals surface area (Å²) >= 11 is 13.4. The van der Waals surface area contributed by atoms with Crippen LogP contribution >= 0.6 is 34.5 Å². The third-order valence-corrected chi connectivity index (χ3v) is 4.39. The van der Waals surface area contributed by atoms with Gasteiger partial charge >= 0.3 is 0 Å². The first-order chi connectivity index (χ1) is 9.97. The molecule has 2 heterocycles. The van der Waals surface area contributed by atoms with Crippen LogP contribution in [-0.2, 0) is 6.54 Å². The number of hydrogen-bond donors (Lipinski definition) is 1. The van der Waals surface area contributed by atoms with Gasteiger partial charge in [-0.25, -0.2) is 9.97 Å². The highest BCUT2D eigenvalue weighted by Gasteiger charge is 2.15. The molecular weight excluding hydrogens is 333 g/mol. The number of halogens is 2. The molecule has 1 aromatic carbocycles. The number of aromatic hydroxyl groups is 1. The Balaban J connectivity index is 2.19. The lowest BCUT2D eigenvalue weighted by Gasteiger charge is -2.08. The molecule has 21 heavy (non-hydrogen) atoms. The number of phenolic OH excluding ortho intramolecular Hbond substituents is 1. The van der Waals surface area contributed by atoms with Gasteiger partial charge in [0.1, 0.15) is 5.52 Å². The molecule has 2 aromatic heterocycles. The van der Waals surface area contributed by atoms with E-state index in [4.69, 9.17) is 23.2 Å². The predicted molar refractivity (Wildman–Crippen MR) is 83.6 cm³/mol. The highest BCUT2D eigenvalue weighted by atomic mass is 35.5. The van der Waals surface area contributed by atoms with E-state index in [2.05, 4.69) is 9.97 Å². The van der Waals surface area contributed by atoms with Gasteiger partial charge in [-0.05, 0) is 13.0 Å². The molecule has 0 bridgehead atoms. The molecule has 0 radical (unpaired) electrons. The second kappa shape index (κ2) is 5.29. The summed E-state index contributed by atoms with van der Waals surface area (Å²) in [6.07, 6.45) is 1.35. The van der Waals surface area contributed by atoms with Crippen LogP contribution < -0.4 is 5.56 Å². The van der Waals surface area contributed by atoms with Gasteiger partial charge in [0.15, 0.2) is 5.75 Å². The van der Waals surface area contributed by atoms with Crippen LogP contribution in [0.2, 0.25) is 10.0 Å². The number of nitrogens with zero attached hydrogens (tertiary/aromatic N) is 3.